The molecule has 1 aromatic carbocycles. The quantitative estimate of drug-likeness (QED) is 0.376. The van der Waals surface area contributed by atoms with Crippen molar-refractivity contribution in [3.05, 3.63) is 23.8 Å². The van der Waals surface area contributed by atoms with Crippen LogP contribution in [0.5, 0.6) is 11.5 Å². The predicted octanol–water partition coefficient (Wildman–Crippen LogP) is 0.808. The molecule has 0 aliphatic carbocycles. The second kappa shape index (κ2) is 9.85. The topological polar surface area (TPSA) is 115 Å². The Balaban J connectivity index is 0. The van der Waals surface area contributed by atoms with E-state index in [4.69, 9.17) is 30.0 Å². The molecule has 0 aliphatic rings. The van der Waals surface area contributed by atoms with Crippen molar-refractivity contribution in [1.82, 2.24) is 0 Å². The first kappa shape index (κ1) is 15.2. The van der Waals surface area contributed by atoms with E-state index in [1.807, 2.05) is 0 Å². The van der Waals surface area contributed by atoms with E-state index in [0.29, 0.717) is 5.56 Å². The van der Waals surface area contributed by atoms with Crippen LogP contribution in [0, 0.1) is 6.92 Å². The lowest BCUT2D eigenvalue weighted by molar-refractivity contribution is -0.123. The van der Waals surface area contributed by atoms with Gasteiger partial charge in [-0.1, -0.05) is 0 Å². The van der Waals surface area contributed by atoms with Crippen molar-refractivity contribution in [3.63, 3.8) is 0 Å². The molecular formula is C9H12O6. The normalized spacial score (nSPS) is 7.27. The molecule has 84 valence electrons. The van der Waals surface area contributed by atoms with Crippen LogP contribution in [-0.4, -0.2) is 33.4 Å². The lowest BCUT2D eigenvalue weighted by atomic mass is 10.2. The summed E-state index contributed by atoms with van der Waals surface area (Å²) in [7, 11) is 0. The summed E-state index contributed by atoms with van der Waals surface area (Å²) in [5, 5.41) is 31.5. The van der Waals surface area contributed by atoms with Gasteiger partial charge in [0.05, 0.1) is 0 Å². The summed E-state index contributed by atoms with van der Waals surface area (Å²) in [6, 6.07) is 4.42. The minimum absolute atomic E-state index is 0.185. The third kappa shape index (κ3) is 9.68. The Labute approximate surface area is 86.0 Å². The number of phenolic OH excluding ortho intramolecular Hbond substituents is 2. The van der Waals surface area contributed by atoms with E-state index in [1.165, 1.54) is 18.2 Å². The van der Waals surface area contributed by atoms with Crippen LogP contribution in [0.15, 0.2) is 18.2 Å². The van der Waals surface area contributed by atoms with E-state index < -0.39 is 0 Å². The van der Waals surface area contributed by atoms with Gasteiger partial charge in [0.1, 0.15) is 11.5 Å². The van der Waals surface area contributed by atoms with Gasteiger partial charge in [-0.15, -0.1) is 0 Å². The molecule has 0 saturated heterocycles. The Kier molecular flexibility index (Phi) is 10.0. The van der Waals surface area contributed by atoms with Crippen LogP contribution in [0.3, 0.4) is 0 Å². The van der Waals surface area contributed by atoms with E-state index in [9.17, 15) is 0 Å². The van der Waals surface area contributed by atoms with E-state index in [0.717, 1.165) is 0 Å². The monoisotopic (exact) mass is 216 g/mol. The minimum Gasteiger partial charge on any atom is -0.508 e. The van der Waals surface area contributed by atoms with Crippen LogP contribution >= 0.6 is 0 Å². The van der Waals surface area contributed by atoms with Crippen LogP contribution in [0.1, 0.15) is 5.56 Å². The largest absolute Gasteiger partial charge is 0.508 e. The molecule has 1 aromatic rings. The molecular weight excluding hydrogens is 204 g/mol. The van der Waals surface area contributed by atoms with Crippen molar-refractivity contribution < 1.29 is 30.0 Å². The average Bonchev–Trinajstić information content (AvgIpc) is 2.14. The summed E-state index contributed by atoms with van der Waals surface area (Å²) in [5.74, 6) is 0.401. The fraction of sp³-hybridized carbons (Fsp3) is 0.111. The summed E-state index contributed by atoms with van der Waals surface area (Å²) in [4.78, 5) is 16.7. The van der Waals surface area contributed by atoms with Gasteiger partial charge in [0.25, 0.3) is 12.9 Å². The van der Waals surface area contributed by atoms with Crippen molar-refractivity contribution in [2.24, 2.45) is 0 Å². The first-order chi connectivity index (χ1) is 7.03. The zero-order chi connectivity index (χ0) is 12.3. The van der Waals surface area contributed by atoms with Crippen LogP contribution in [0.4, 0.5) is 0 Å². The van der Waals surface area contributed by atoms with Gasteiger partial charge in [-0.05, 0) is 30.7 Å². The van der Waals surface area contributed by atoms with E-state index in [-0.39, 0.29) is 24.4 Å². The molecule has 4 N–H and O–H groups in total. The average molecular weight is 216 g/mol. The number of rotatable bonds is 0. The third-order valence-corrected chi connectivity index (χ3v) is 1.18. The number of carbonyl (C=O) groups is 2. The lowest BCUT2D eigenvalue weighted by Crippen LogP contribution is -1.71. The summed E-state index contributed by atoms with van der Waals surface area (Å²) >= 11 is 0. The highest BCUT2D eigenvalue weighted by atomic mass is 16.3. The second-order valence-electron chi connectivity index (χ2n) is 2.18. The molecule has 0 bridgehead atoms. The van der Waals surface area contributed by atoms with Crippen molar-refractivity contribution in [3.8, 4) is 11.5 Å². The van der Waals surface area contributed by atoms with E-state index in [1.54, 1.807) is 6.92 Å². The fourth-order valence-corrected chi connectivity index (χ4v) is 0.640. The van der Waals surface area contributed by atoms with Gasteiger partial charge < -0.3 is 20.4 Å². The molecule has 0 unspecified atom stereocenters. The molecule has 0 spiro atoms. The fourth-order valence-electron chi connectivity index (χ4n) is 0.640. The summed E-state index contributed by atoms with van der Waals surface area (Å²) in [5.41, 5.74) is 0.690. The van der Waals surface area contributed by atoms with Gasteiger partial charge in [0.2, 0.25) is 0 Å². The molecule has 0 atom stereocenters. The zero-order valence-corrected chi connectivity index (χ0v) is 7.99. The van der Waals surface area contributed by atoms with Gasteiger partial charge in [0.15, 0.2) is 0 Å². The van der Waals surface area contributed by atoms with Crippen LogP contribution in [0.25, 0.3) is 0 Å². The molecule has 0 radical (unpaired) electrons. The Morgan fingerprint density at radius 1 is 1.07 bits per heavy atom. The molecule has 15 heavy (non-hydrogen) atoms. The lowest BCUT2D eigenvalue weighted by Gasteiger charge is -1.96. The van der Waals surface area contributed by atoms with Crippen LogP contribution < -0.4 is 0 Å². The number of aromatic hydroxyl groups is 2. The Hall–Kier alpha value is -2.24. The predicted molar refractivity (Wildman–Crippen MR) is 51.9 cm³/mol. The van der Waals surface area contributed by atoms with Crippen LogP contribution in [-0.2, 0) is 9.59 Å². The van der Waals surface area contributed by atoms with Crippen molar-refractivity contribution in [2.75, 3.05) is 0 Å². The third-order valence-electron chi connectivity index (χ3n) is 1.18. The van der Waals surface area contributed by atoms with Gasteiger partial charge in [-0.3, -0.25) is 9.59 Å². The van der Waals surface area contributed by atoms with E-state index >= 15 is 0 Å². The van der Waals surface area contributed by atoms with Crippen molar-refractivity contribution >= 4 is 12.9 Å². The van der Waals surface area contributed by atoms with Gasteiger partial charge in [-0.25, -0.2) is 0 Å². The highest BCUT2D eigenvalue weighted by molar-refractivity contribution is 5.37. The number of carboxylic acid groups (broad SMARTS) is 2. The van der Waals surface area contributed by atoms with Gasteiger partial charge in [0, 0.05) is 0 Å². The number of phenols is 2. The molecule has 6 nitrogen and oxygen atoms in total. The Morgan fingerprint density at radius 2 is 1.47 bits per heavy atom. The molecule has 0 aliphatic heterocycles. The first-order valence-corrected chi connectivity index (χ1v) is 3.67. The smallest absolute Gasteiger partial charge is 0.290 e. The Bertz CT molecular complexity index is 291. The highest BCUT2D eigenvalue weighted by Crippen LogP contribution is 2.19. The number of aryl methyl sites for hydroxylation is 1. The number of hydrogen-bond acceptors (Lipinski definition) is 4. The number of benzene rings is 1. The molecule has 0 heterocycles. The molecule has 0 saturated carbocycles. The number of hydrogen-bond donors (Lipinski definition) is 4. The molecule has 6 heteroatoms. The Morgan fingerprint density at radius 3 is 1.73 bits per heavy atom. The standard InChI is InChI=1S/C7H8O2.2CH2O2/c1-5-4-6(8)2-3-7(5)9;2*2-1-3/h2-4,8-9H,1H3;2*1H,(H,2,3). The molecule has 0 amide bonds. The summed E-state index contributed by atoms with van der Waals surface area (Å²) in [6.07, 6.45) is 0. The molecule has 1 rings (SSSR count). The van der Waals surface area contributed by atoms with E-state index in [2.05, 4.69) is 0 Å². The van der Waals surface area contributed by atoms with Gasteiger partial charge >= 0.3 is 0 Å². The van der Waals surface area contributed by atoms with Crippen LogP contribution in [0.2, 0.25) is 0 Å². The molecule has 0 aromatic heterocycles. The minimum atomic E-state index is -0.250. The molecule has 0 fully saturated rings. The second-order valence-corrected chi connectivity index (χ2v) is 2.18. The maximum Gasteiger partial charge on any atom is 0.290 e. The SMILES string of the molecule is Cc1cc(O)ccc1O.O=CO.O=CO. The first-order valence-electron chi connectivity index (χ1n) is 3.67. The van der Waals surface area contributed by atoms with Gasteiger partial charge in [-0.2, -0.15) is 0 Å². The van der Waals surface area contributed by atoms with Crippen molar-refractivity contribution in [2.45, 2.75) is 6.92 Å². The maximum absolute atomic E-state index is 8.93. The zero-order valence-electron chi connectivity index (χ0n) is 7.99. The highest BCUT2D eigenvalue weighted by Gasteiger charge is 1.93. The maximum atomic E-state index is 8.93. The van der Waals surface area contributed by atoms with Crippen molar-refractivity contribution in [1.29, 1.82) is 0 Å². The summed E-state index contributed by atoms with van der Waals surface area (Å²) < 4.78 is 0. The summed E-state index contributed by atoms with van der Waals surface area (Å²) in [6.45, 7) is 1.23.